The fourth-order valence-corrected chi connectivity index (χ4v) is 3.46. The molecule has 3 rings (SSSR count). The molecule has 9 heteroatoms. The molecule has 2 aromatic rings. The number of aryl methyl sites for hydroxylation is 1. The van der Waals surface area contributed by atoms with Crippen molar-refractivity contribution >= 4 is 17.7 Å². The zero-order chi connectivity index (χ0) is 18.7. The van der Waals surface area contributed by atoms with E-state index < -0.39 is 0 Å². The van der Waals surface area contributed by atoms with E-state index in [9.17, 15) is 4.79 Å². The zero-order valence-electron chi connectivity index (χ0n) is 15.1. The molecular formula is C17H23N5O3S. The number of nitrogens with two attached hydrogens (primary N) is 1. The first kappa shape index (κ1) is 18.4. The van der Waals surface area contributed by atoms with Gasteiger partial charge in [0.1, 0.15) is 23.4 Å². The lowest BCUT2D eigenvalue weighted by Gasteiger charge is -2.13. The maximum Gasteiger partial charge on any atom is 0.230 e. The molecule has 0 saturated heterocycles. The molecule has 1 aromatic heterocycles. The standard InChI is InChI=1S/C17H23N5O3S/c1-4-24-14-6-12-5-10(2)25-15(12)7-13(14)8-19-16(23)9-26-17-21-20-11(3)22(17)18/h6-7,10H,4-5,8-9,18H2,1-3H3,(H,19,23)/t10-/m1/s1. The van der Waals surface area contributed by atoms with Crippen LogP contribution < -0.4 is 20.6 Å². The van der Waals surface area contributed by atoms with Crippen molar-refractivity contribution in [3.8, 4) is 11.5 Å². The van der Waals surface area contributed by atoms with Gasteiger partial charge in [-0.2, -0.15) is 0 Å². The highest BCUT2D eigenvalue weighted by molar-refractivity contribution is 7.99. The van der Waals surface area contributed by atoms with Crippen LogP contribution in [0.3, 0.4) is 0 Å². The van der Waals surface area contributed by atoms with E-state index >= 15 is 0 Å². The van der Waals surface area contributed by atoms with Crippen molar-refractivity contribution in [1.82, 2.24) is 20.2 Å². The molecule has 1 atom stereocenters. The number of thioether (sulfide) groups is 1. The van der Waals surface area contributed by atoms with Crippen molar-refractivity contribution in [2.75, 3.05) is 18.2 Å². The van der Waals surface area contributed by atoms with Crippen LogP contribution in [0.15, 0.2) is 17.3 Å². The first-order valence-electron chi connectivity index (χ1n) is 8.49. The number of hydrogen-bond acceptors (Lipinski definition) is 7. The molecule has 1 aromatic carbocycles. The Labute approximate surface area is 156 Å². The topological polar surface area (TPSA) is 104 Å². The molecule has 1 aliphatic rings. The molecule has 8 nitrogen and oxygen atoms in total. The molecule has 0 aliphatic carbocycles. The molecule has 1 amide bonds. The molecule has 0 bridgehead atoms. The molecular weight excluding hydrogens is 354 g/mol. The van der Waals surface area contributed by atoms with Crippen molar-refractivity contribution in [2.45, 2.75) is 45.0 Å². The van der Waals surface area contributed by atoms with E-state index in [1.807, 2.05) is 26.0 Å². The van der Waals surface area contributed by atoms with Crippen molar-refractivity contribution in [3.05, 3.63) is 29.1 Å². The van der Waals surface area contributed by atoms with E-state index in [1.54, 1.807) is 6.92 Å². The summed E-state index contributed by atoms with van der Waals surface area (Å²) in [6.45, 7) is 6.67. The fourth-order valence-electron chi connectivity index (χ4n) is 2.73. The Morgan fingerprint density at radius 3 is 3.00 bits per heavy atom. The van der Waals surface area contributed by atoms with Crippen molar-refractivity contribution < 1.29 is 14.3 Å². The minimum absolute atomic E-state index is 0.118. The predicted octanol–water partition coefficient (Wildman–Crippen LogP) is 1.43. The van der Waals surface area contributed by atoms with Gasteiger partial charge < -0.3 is 20.6 Å². The molecule has 0 saturated carbocycles. The SMILES string of the molecule is CCOc1cc2c(cc1CNC(=O)CSc1nnc(C)n1N)O[C@H](C)C2. The summed E-state index contributed by atoms with van der Waals surface area (Å²) in [6, 6.07) is 3.97. The zero-order valence-corrected chi connectivity index (χ0v) is 15.9. The second-order valence-electron chi connectivity index (χ2n) is 6.10. The van der Waals surface area contributed by atoms with Crippen LogP contribution >= 0.6 is 11.8 Å². The van der Waals surface area contributed by atoms with Crippen LogP contribution in [0.1, 0.15) is 30.8 Å². The number of carbonyl (C=O) groups is 1. The van der Waals surface area contributed by atoms with Gasteiger partial charge in [-0.15, -0.1) is 10.2 Å². The Morgan fingerprint density at radius 2 is 2.31 bits per heavy atom. The molecule has 0 fully saturated rings. The summed E-state index contributed by atoms with van der Waals surface area (Å²) in [5.74, 6) is 8.12. The fraction of sp³-hybridized carbons (Fsp3) is 0.471. The molecule has 1 aliphatic heterocycles. The van der Waals surface area contributed by atoms with Gasteiger partial charge in [-0.3, -0.25) is 4.79 Å². The highest BCUT2D eigenvalue weighted by atomic mass is 32.2. The van der Waals surface area contributed by atoms with Gasteiger partial charge in [-0.1, -0.05) is 11.8 Å². The molecule has 26 heavy (non-hydrogen) atoms. The summed E-state index contributed by atoms with van der Waals surface area (Å²) >= 11 is 1.24. The minimum Gasteiger partial charge on any atom is -0.494 e. The quantitative estimate of drug-likeness (QED) is 0.555. The van der Waals surface area contributed by atoms with Crippen molar-refractivity contribution in [1.29, 1.82) is 0 Å². The van der Waals surface area contributed by atoms with E-state index in [2.05, 4.69) is 15.5 Å². The monoisotopic (exact) mass is 377 g/mol. The van der Waals surface area contributed by atoms with Gasteiger partial charge in [0.25, 0.3) is 0 Å². The van der Waals surface area contributed by atoms with Crippen LogP contribution in [0.25, 0.3) is 0 Å². The molecule has 0 spiro atoms. The number of rotatable bonds is 7. The number of ether oxygens (including phenoxy) is 2. The van der Waals surface area contributed by atoms with Crippen LogP contribution in [-0.2, 0) is 17.8 Å². The maximum absolute atomic E-state index is 12.2. The van der Waals surface area contributed by atoms with Gasteiger partial charge in [0.15, 0.2) is 0 Å². The molecule has 2 heterocycles. The summed E-state index contributed by atoms with van der Waals surface area (Å²) in [6.07, 6.45) is 1.04. The third-order valence-electron chi connectivity index (χ3n) is 4.02. The van der Waals surface area contributed by atoms with Crippen LogP contribution in [0.5, 0.6) is 11.5 Å². The Morgan fingerprint density at radius 1 is 1.50 bits per heavy atom. The normalized spacial score (nSPS) is 15.4. The van der Waals surface area contributed by atoms with Crippen LogP contribution in [0, 0.1) is 6.92 Å². The van der Waals surface area contributed by atoms with Gasteiger partial charge in [0.05, 0.1) is 12.4 Å². The number of hydrogen-bond donors (Lipinski definition) is 2. The summed E-state index contributed by atoms with van der Waals surface area (Å²) < 4.78 is 12.9. The average molecular weight is 377 g/mol. The van der Waals surface area contributed by atoms with E-state index in [1.165, 1.54) is 16.4 Å². The lowest BCUT2D eigenvalue weighted by atomic mass is 10.1. The number of nitrogens with zero attached hydrogens (tertiary/aromatic N) is 3. The van der Waals surface area contributed by atoms with Gasteiger partial charge >= 0.3 is 0 Å². The number of nitrogen functional groups attached to an aromatic ring is 1. The van der Waals surface area contributed by atoms with Gasteiger partial charge in [0.2, 0.25) is 11.1 Å². The summed E-state index contributed by atoms with van der Waals surface area (Å²) in [4.78, 5) is 12.2. The summed E-state index contributed by atoms with van der Waals surface area (Å²) in [5, 5.41) is 11.2. The minimum atomic E-state index is -0.118. The highest BCUT2D eigenvalue weighted by Gasteiger charge is 2.22. The second-order valence-corrected chi connectivity index (χ2v) is 7.04. The lowest BCUT2D eigenvalue weighted by molar-refractivity contribution is -0.118. The molecule has 0 unspecified atom stereocenters. The Balaban J connectivity index is 1.60. The summed E-state index contributed by atoms with van der Waals surface area (Å²) in [5.41, 5.74) is 2.04. The summed E-state index contributed by atoms with van der Waals surface area (Å²) in [7, 11) is 0. The first-order valence-corrected chi connectivity index (χ1v) is 9.48. The third-order valence-corrected chi connectivity index (χ3v) is 4.97. The van der Waals surface area contributed by atoms with E-state index in [-0.39, 0.29) is 17.8 Å². The number of carbonyl (C=O) groups excluding carboxylic acids is 1. The third kappa shape index (κ3) is 4.04. The van der Waals surface area contributed by atoms with Gasteiger partial charge in [-0.25, -0.2) is 4.68 Å². The van der Waals surface area contributed by atoms with Gasteiger partial charge in [0, 0.05) is 24.1 Å². The van der Waals surface area contributed by atoms with E-state index in [0.717, 1.165) is 29.0 Å². The Kier molecular flexibility index (Phi) is 5.55. The lowest BCUT2D eigenvalue weighted by Crippen LogP contribution is -2.25. The maximum atomic E-state index is 12.2. The number of amides is 1. The highest BCUT2D eigenvalue weighted by Crippen LogP contribution is 2.35. The average Bonchev–Trinajstić information content (AvgIpc) is 3.12. The van der Waals surface area contributed by atoms with Crippen molar-refractivity contribution in [3.63, 3.8) is 0 Å². The largest absolute Gasteiger partial charge is 0.494 e. The Bertz CT molecular complexity index is 808. The molecule has 140 valence electrons. The predicted molar refractivity (Wildman–Crippen MR) is 98.9 cm³/mol. The van der Waals surface area contributed by atoms with Gasteiger partial charge in [-0.05, 0) is 32.9 Å². The first-order chi connectivity index (χ1) is 12.5. The number of fused-ring (bicyclic) bond motifs is 1. The van der Waals surface area contributed by atoms with Crippen LogP contribution in [-0.4, -0.2) is 39.2 Å². The van der Waals surface area contributed by atoms with Crippen LogP contribution in [0.4, 0.5) is 0 Å². The Hall–Kier alpha value is -2.42. The second kappa shape index (κ2) is 7.86. The van der Waals surface area contributed by atoms with E-state index in [4.69, 9.17) is 15.3 Å². The molecule has 3 N–H and O–H groups in total. The number of benzene rings is 1. The number of nitrogens with one attached hydrogen (secondary N) is 1. The molecule has 0 radical (unpaired) electrons. The van der Waals surface area contributed by atoms with E-state index in [0.29, 0.717) is 24.1 Å². The van der Waals surface area contributed by atoms with Crippen LogP contribution in [0.2, 0.25) is 0 Å². The smallest absolute Gasteiger partial charge is 0.230 e. The number of aromatic nitrogens is 3. The van der Waals surface area contributed by atoms with Crippen molar-refractivity contribution in [2.24, 2.45) is 0 Å².